The molecule has 0 spiro atoms. The molecule has 6 nitrogen and oxygen atoms in total. The molecule has 4 aromatic rings. The Bertz CT molecular complexity index is 1100. The number of rotatable bonds is 4. The quantitative estimate of drug-likeness (QED) is 0.378. The Balaban J connectivity index is 0.000000307. The molecule has 1 N–H and O–H groups in total. The SMILES string of the molecule is CC(C)(C)c1c[c-]no1.COc1cccc(-c2ccc(C(=O)Nc3cc[c-]cc3)o2)c1.[K+]. The number of carbonyl (C=O) groups excluding carboxylic acids is 1. The number of nitrogens with one attached hydrogen (secondary N) is 1. The topological polar surface area (TPSA) is 77.5 Å². The van der Waals surface area contributed by atoms with Gasteiger partial charge >= 0.3 is 51.4 Å². The summed E-state index contributed by atoms with van der Waals surface area (Å²) in [6.45, 7) is 6.21. The number of aromatic nitrogens is 1. The first-order valence-electron chi connectivity index (χ1n) is 9.72. The molecule has 0 saturated heterocycles. The second kappa shape index (κ2) is 12.2. The second-order valence-electron chi connectivity index (χ2n) is 7.71. The van der Waals surface area contributed by atoms with Gasteiger partial charge in [-0.1, -0.05) is 38.6 Å². The van der Waals surface area contributed by atoms with Crippen LogP contribution in [0.2, 0.25) is 0 Å². The van der Waals surface area contributed by atoms with Gasteiger partial charge < -0.3 is 19.0 Å². The molecule has 7 heteroatoms. The third-order valence-corrected chi connectivity index (χ3v) is 4.29. The summed E-state index contributed by atoms with van der Waals surface area (Å²) in [6, 6.07) is 22.6. The van der Waals surface area contributed by atoms with E-state index in [1.54, 1.807) is 49.6 Å². The minimum Gasteiger partial charge on any atom is -0.497 e. The number of anilines is 1. The van der Waals surface area contributed by atoms with Crippen LogP contribution in [0.4, 0.5) is 5.69 Å². The predicted molar refractivity (Wildman–Crippen MR) is 118 cm³/mol. The number of nitrogens with zero attached hydrogens (tertiary/aromatic N) is 1. The molecule has 0 bridgehead atoms. The Morgan fingerprint density at radius 2 is 1.84 bits per heavy atom. The molecule has 2 heterocycles. The van der Waals surface area contributed by atoms with Crippen molar-refractivity contribution in [2.45, 2.75) is 26.2 Å². The average Bonchev–Trinajstić information content (AvgIpc) is 3.47. The largest absolute Gasteiger partial charge is 1.00 e. The van der Waals surface area contributed by atoms with Gasteiger partial charge in [-0.2, -0.15) is 24.3 Å². The van der Waals surface area contributed by atoms with E-state index in [-0.39, 0.29) is 68.5 Å². The van der Waals surface area contributed by atoms with Crippen LogP contribution in [0.15, 0.2) is 75.7 Å². The fourth-order valence-electron chi connectivity index (χ4n) is 2.59. The standard InChI is InChI=1S/C18H14NO3.C7H10NO.K/c1-21-15-9-5-6-13(12-15)16-10-11-17(22-16)18(20)19-14-7-3-2-4-8-14;1-7(2,3)6-4-5-8-9-6;/h3-12H,1H3,(H,19,20);4H,1-3H3;/q2*-1;+1. The van der Waals surface area contributed by atoms with Crippen LogP contribution in [-0.2, 0) is 5.41 Å². The van der Waals surface area contributed by atoms with Gasteiger partial charge in [0.15, 0.2) is 5.76 Å². The number of hydrogen-bond acceptors (Lipinski definition) is 5. The van der Waals surface area contributed by atoms with E-state index in [0.717, 1.165) is 17.1 Å². The molecule has 0 aliphatic rings. The van der Waals surface area contributed by atoms with Gasteiger partial charge in [-0.3, -0.25) is 4.79 Å². The number of carbonyl (C=O) groups is 1. The molecule has 160 valence electrons. The first kappa shape index (κ1) is 26.1. The summed E-state index contributed by atoms with van der Waals surface area (Å²) in [7, 11) is 1.61. The zero-order valence-electron chi connectivity index (χ0n) is 18.9. The van der Waals surface area contributed by atoms with Crippen molar-refractivity contribution in [3.05, 3.63) is 90.5 Å². The van der Waals surface area contributed by atoms with Crippen molar-refractivity contribution in [3.8, 4) is 17.1 Å². The molecule has 0 unspecified atom stereocenters. The molecule has 1 amide bonds. The monoisotopic (exact) mass is 455 g/mol. The molecule has 4 rings (SSSR count). The maximum Gasteiger partial charge on any atom is 1.00 e. The normalized spacial score (nSPS) is 10.4. The molecule has 0 radical (unpaired) electrons. The molecule has 2 aromatic heterocycles. The first-order valence-corrected chi connectivity index (χ1v) is 9.72. The van der Waals surface area contributed by atoms with Crippen LogP contribution in [0, 0.1) is 12.3 Å². The zero-order chi connectivity index (χ0) is 22.3. The third-order valence-electron chi connectivity index (χ3n) is 4.29. The van der Waals surface area contributed by atoms with Crippen molar-refractivity contribution in [2.24, 2.45) is 0 Å². The maximum absolute atomic E-state index is 12.1. The van der Waals surface area contributed by atoms with Gasteiger partial charge in [0.1, 0.15) is 11.5 Å². The number of furan rings is 1. The van der Waals surface area contributed by atoms with E-state index in [0.29, 0.717) is 11.4 Å². The summed E-state index contributed by atoms with van der Waals surface area (Å²) >= 11 is 0. The molecule has 0 aliphatic heterocycles. The summed E-state index contributed by atoms with van der Waals surface area (Å²) in [4.78, 5) is 12.1. The molecular weight excluding hydrogens is 431 g/mol. The molecule has 0 saturated carbocycles. The van der Waals surface area contributed by atoms with Crippen LogP contribution in [0.25, 0.3) is 11.3 Å². The maximum atomic E-state index is 12.1. The summed E-state index contributed by atoms with van der Waals surface area (Å²) in [5.74, 6) is 2.19. The summed E-state index contributed by atoms with van der Waals surface area (Å²) in [5.41, 5.74) is 1.61. The number of benzene rings is 2. The van der Waals surface area contributed by atoms with Crippen molar-refractivity contribution in [1.82, 2.24) is 5.16 Å². The Morgan fingerprint density at radius 1 is 1.09 bits per heavy atom. The zero-order valence-corrected chi connectivity index (χ0v) is 22.1. The van der Waals surface area contributed by atoms with Crippen molar-refractivity contribution in [2.75, 3.05) is 12.4 Å². The van der Waals surface area contributed by atoms with Crippen LogP contribution >= 0.6 is 0 Å². The summed E-state index contributed by atoms with van der Waals surface area (Å²) in [5, 5.41) is 6.26. The van der Waals surface area contributed by atoms with Crippen LogP contribution in [0.3, 0.4) is 0 Å². The minimum atomic E-state index is -0.291. The van der Waals surface area contributed by atoms with E-state index in [2.05, 4.69) is 43.5 Å². The van der Waals surface area contributed by atoms with E-state index in [1.165, 1.54) is 0 Å². The van der Waals surface area contributed by atoms with Crippen molar-refractivity contribution in [1.29, 1.82) is 0 Å². The van der Waals surface area contributed by atoms with E-state index in [9.17, 15) is 4.79 Å². The second-order valence-corrected chi connectivity index (χ2v) is 7.71. The number of hydrogen-bond donors (Lipinski definition) is 1. The average molecular weight is 456 g/mol. The fraction of sp³-hybridized carbons (Fsp3) is 0.200. The van der Waals surface area contributed by atoms with E-state index in [1.807, 2.05) is 24.3 Å². The van der Waals surface area contributed by atoms with Gasteiger partial charge in [0.2, 0.25) is 0 Å². The van der Waals surface area contributed by atoms with Gasteiger partial charge in [0.25, 0.3) is 5.91 Å². The van der Waals surface area contributed by atoms with Crippen LogP contribution in [0.5, 0.6) is 5.75 Å². The van der Waals surface area contributed by atoms with Crippen molar-refractivity contribution in [3.63, 3.8) is 0 Å². The fourth-order valence-corrected chi connectivity index (χ4v) is 2.59. The van der Waals surface area contributed by atoms with Crippen LogP contribution in [0.1, 0.15) is 37.1 Å². The number of methoxy groups -OCH3 is 1. The predicted octanol–water partition coefficient (Wildman–Crippen LogP) is 2.78. The first-order chi connectivity index (χ1) is 14.9. The Kier molecular flexibility index (Phi) is 9.93. The van der Waals surface area contributed by atoms with Crippen molar-refractivity contribution < 1.29 is 69.9 Å². The number of amides is 1. The smallest absolute Gasteiger partial charge is 0.497 e. The van der Waals surface area contributed by atoms with Crippen LogP contribution in [-0.4, -0.2) is 18.2 Å². The Hall–Kier alpha value is -2.16. The summed E-state index contributed by atoms with van der Waals surface area (Å²) in [6.07, 6.45) is 2.62. The van der Waals surface area contributed by atoms with Gasteiger partial charge in [-0.25, -0.2) is 5.16 Å². The van der Waals surface area contributed by atoms with Crippen LogP contribution < -0.4 is 61.4 Å². The van der Waals surface area contributed by atoms with E-state index >= 15 is 0 Å². The van der Waals surface area contributed by atoms with Gasteiger partial charge in [0, 0.05) is 5.56 Å². The summed E-state index contributed by atoms with van der Waals surface area (Å²) < 4.78 is 15.7. The van der Waals surface area contributed by atoms with Crippen molar-refractivity contribution >= 4 is 11.6 Å². The number of ether oxygens (including phenoxy) is 1. The molecule has 32 heavy (non-hydrogen) atoms. The minimum absolute atomic E-state index is 0. The Labute approximate surface area is 230 Å². The van der Waals surface area contributed by atoms with Gasteiger partial charge in [0.05, 0.1) is 7.11 Å². The molecular formula is C25H24KN2O4-. The van der Waals surface area contributed by atoms with E-state index in [4.69, 9.17) is 13.7 Å². The Morgan fingerprint density at radius 3 is 2.44 bits per heavy atom. The van der Waals surface area contributed by atoms with Gasteiger partial charge in [-0.05, 0) is 35.4 Å². The third kappa shape index (κ3) is 7.46. The molecule has 2 aromatic carbocycles. The van der Waals surface area contributed by atoms with E-state index < -0.39 is 0 Å². The molecule has 0 aliphatic carbocycles. The molecule has 0 fully saturated rings. The van der Waals surface area contributed by atoms with Gasteiger partial charge in [-0.15, -0.1) is 18.3 Å². The molecule has 0 atom stereocenters.